The van der Waals surface area contributed by atoms with Gasteiger partial charge in [0.1, 0.15) is 11.6 Å². The molecule has 22 heavy (non-hydrogen) atoms. The Balaban J connectivity index is 1.82. The van der Waals surface area contributed by atoms with Crippen LogP contribution in [-0.4, -0.2) is 32.1 Å². The summed E-state index contributed by atoms with van der Waals surface area (Å²) >= 11 is 0. The number of rotatable bonds is 4. The number of amides is 1. The molecule has 2 aromatic rings. The molecular weight excluding hydrogens is 280 g/mol. The minimum absolute atomic E-state index is 0.0255. The molecule has 1 unspecified atom stereocenters. The highest BCUT2D eigenvalue weighted by atomic mass is 16.5. The number of likely N-dealkylation sites (tertiary alicyclic amines) is 1. The van der Waals surface area contributed by atoms with Gasteiger partial charge < -0.3 is 14.0 Å². The third kappa shape index (κ3) is 2.65. The second-order valence-electron chi connectivity index (χ2n) is 5.94. The van der Waals surface area contributed by atoms with Crippen molar-refractivity contribution in [1.29, 1.82) is 0 Å². The fourth-order valence-corrected chi connectivity index (χ4v) is 3.15. The zero-order valence-corrected chi connectivity index (χ0v) is 13.4. The first-order valence-corrected chi connectivity index (χ1v) is 7.86. The summed E-state index contributed by atoms with van der Waals surface area (Å²) in [5.74, 6) is 1.66. The van der Waals surface area contributed by atoms with E-state index in [4.69, 9.17) is 4.52 Å². The third-order valence-corrected chi connectivity index (χ3v) is 4.12. The van der Waals surface area contributed by atoms with E-state index in [1.807, 2.05) is 29.6 Å². The van der Waals surface area contributed by atoms with Gasteiger partial charge in [-0.3, -0.25) is 4.79 Å². The Morgan fingerprint density at radius 3 is 3.00 bits per heavy atom. The maximum atomic E-state index is 12.7. The van der Waals surface area contributed by atoms with E-state index in [0.29, 0.717) is 5.69 Å². The number of nitrogens with zero attached hydrogens (tertiary/aromatic N) is 4. The summed E-state index contributed by atoms with van der Waals surface area (Å²) in [5, 5.41) is 3.94. The standard InChI is InChI=1S/C16H22N4O2/c1-4-6-12-9-13(18-22-12)16(21)20-8-5-7-14(20)15-17-11(2)10-19(15)3/h9-10,14H,4-8H2,1-3H3. The quantitative estimate of drug-likeness (QED) is 0.871. The first-order valence-electron chi connectivity index (χ1n) is 7.86. The van der Waals surface area contributed by atoms with E-state index < -0.39 is 0 Å². The van der Waals surface area contributed by atoms with E-state index in [0.717, 1.165) is 49.5 Å². The minimum atomic E-state index is -0.0609. The van der Waals surface area contributed by atoms with Gasteiger partial charge in [-0.05, 0) is 26.2 Å². The summed E-state index contributed by atoms with van der Waals surface area (Å²) in [5.41, 5.74) is 1.38. The second-order valence-corrected chi connectivity index (χ2v) is 5.94. The van der Waals surface area contributed by atoms with Crippen LogP contribution < -0.4 is 0 Å². The SMILES string of the molecule is CCCc1cc(C(=O)N2CCCC2c2nc(C)cn2C)no1. The first-order chi connectivity index (χ1) is 10.6. The van der Waals surface area contributed by atoms with Crippen LogP contribution in [0, 0.1) is 6.92 Å². The average molecular weight is 302 g/mol. The molecule has 0 radical (unpaired) electrons. The van der Waals surface area contributed by atoms with Crippen LogP contribution in [0.4, 0.5) is 0 Å². The smallest absolute Gasteiger partial charge is 0.276 e. The lowest BCUT2D eigenvalue weighted by molar-refractivity contribution is 0.0717. The molecule has 0 aromatic carbocycles. The van der Waals surface area contributed by atoms with E-state index in [1.54, 1.807) is 6.07 Å². The lowest BCUT2D eigenvalue weighted by Gasteiger charge is -2.23. The van der Waals surface area contributed by atoms with Crippen LogP contribution >= 0.6 is 0 Å². The number of carbonyl (C=O) groups is 1. The van der Waals surface area contributed by atoms with Crippen molar-refractivity contribution in [3.8, 4) is 0 Å². The Labute approximate surface area is 130 Å². The number of hydrogen-bond acceptors (Lipinski definition) is 4. The fourth-order valence-electron chi connectivity index (χ4n) is 3.15. The van der Waals surface area contributed by atoms with Crippen LogP contribution in [-0.2, 0) is 13.5 Å². The Hall–Kier alpha value is -2.11. The normalized spacial score (nSPS) is 18.1. The van der Waals surface area contributed by atoms with Crippen molar-refractivity contribution in [2.45, 2.75) is 45.6 Å². The van der Waals surface area contributed by atoms with Gasteiger partial charge in [0.05, 0.1) is 11.7 Å². The molecule has 0 aliphatic carbocycles. The molecule has 1 fully saturated rings. The largest absolute Gasteiger partial charge is 0.361 e. The zero-order chi connectivity index (χ0) is 15.7. The highest BCUT2D eigenvalue weighted by Crippen LogP contribution is 2.32. The van der Waals surface area contributed by atoms with Crippen molar-refractivity contribution in [2.75, 3.05) is 6.54 Å². The molecule has 1 saturated heterocycles. The number of aryl methyl sites for hydroxylation is 3. The van der Waals surface area contributed by atoms with E-state index in [1.165, 1.54) is 0 Å². The maximum absolute atomic E-state index is 12.7. The van der Waals surface area contributed by atoms with Gasteiger partial charge >= 0.3 is 0 Å². The molecule has 118 valence electrons. The number of hydrogen-bond donors (Lipinski definition) is 0. The van der Waals surface area contributed by atoms with Gasteiger partial charge in [-0.15, -0.1) is 0 Å². The lowest BCUT2D eigenvalue weighted by atomic mass is 10.2. The summed E-state index contributed by atoms with van der Waals surface area (Å²) < 4.78 is 7.25. The predicted molar refractivity (Wildman–Crippen MR) is 81.5 cm³/mol. The monoisotopic (exact) mass is 302 g/mol. The van der Waals surface area contributed by atoms with Crippen LogP contribution in [0.2, 0.25) is 0 Å². The van der Waals surface area contributed by atoms with Crippen LogP contribution in [0.25, 0.3) is 0 Å². The van der Waals surface area contributed by atoms with Gasteiger partial charge in [0.15, 0.2) is 5.69 Å². The van der Waals surface area contributed by atoms with Crippen molar-refractivity contribution in [1.82, 2.24) is 19.6 Å². The van der Waals surface area contributed by atoms with Crippen LogP contribution in [0.5, 0.6) is 0 Å². The van der Waals surface area contributed by atoms with Gasteiger partial charge in [0.2, 0.25) is 0 Å². The summed E-state index contributed by atoms with van der Waals surface area (Å²) in [6.45, 7) is 4.79. The Bertz CT molecular complexity index is 673. The molecule has 3 rings (SSSR count). The van der Waals surface area contributed by atoms with Crippen LogP contribution in [0.3, 0.4) is 0 Å². The van der Waals surface area contributed by atoms with E-state index >= 15 is 0 Å². The molecule has 0 bridgehead atoms. The molecule has 1 aliphatic rings. The molecule has 2 aromatic heterocycles. The molecule has 1 amide bonds. The maximum Gasteiger partial charge on any atom is 0.276 e. The second kappa shape index (κ2) is 5.94. The molecule has 6 heteroatoms. The van der Waals surface area contributed by atoms with Crippen molar-refractivity contribution in [3.05, 3.63) is 35.2 Å². The topological polar surface area (TPSA) is 64.2 Å². The van der Waals surface area contributed by atoms with E-state index in [9.17, 15) is 4.79 Å². The predicted octanol–water partition coefficient (Wildman–Crippen LogP) is 2.65. The van der Waals surface area contributed by atoms with Gasteiger partial charge in [0.25, 0.3) is 5.91 Å². The zero-order valence-electron chi connectivity index (χ0n) is 13.4. The highest BCUT2D eigenvalue weighted by molar-refractivity contribution is 5.92. The molecule has 6 nitrogen and oxygen atoms in total. The third-order valence-electron chi connectivity index (χ3n) is 4.12. The lowest BCUT2D eigenvalue weighted by Crippen LogP contribution is -2.32. The Morgan fingerprint density at radius 1 is 1.50 bits per heavy atom. The number of aromatic nitrogens is 3. The van der Waals surface area contributed by atoms with E-state index in [-0.39, 0.29) is 11.9 Å². The van der Waals surface area contributed by atoms with Gasteiger partial charge in [0, 0.05) is 32.3 Å². The number of carbonyl (C=O) groups excluding carboxylic acids is 1. The molecule has 1 atom stereocenters. The Morgan fingerprint density at radius 2 is 2.32 bits per heavy atom. The van der Waals surface area contributed by atoms with Gasteiger partial charge in [-0.2, -0.15) is 0 Å². The van der Waals surface area contributed by atoms with Gasteiger partial charge in [-0.1, -0.05) is 12.1 Å². The van der Waals surface area contributed by atoms with Gasteiger partial charge in [-0.25, -0.2) is 4.98 Å². The number of imidazole rings is 1. The summed E-state index contributed by atoms with van der Waals surface area (Å²) in [6, 6.07) is 1.79. The Kier molecular flexibility index (Phi) is 4.00. The highest BCUT2D eigenvalue weighted by Gasteiger charge is 2.34. The van der Waals surface area contributed by atoms with Crippen molar-refractivity contribution in [3.63, 3.8) is 0 Å². The summed E-state index contributed by atoms with van der Waals surface area (Å²) in [6.07, 6.45) is 5.70. The average Bonchev–Trinajstić information content (AvgIpc) is 3.18. The molecule has 3 heterocycles. The molecule has 0 saturated carbocycles. The summed E-state index contributed by atoms with van der Waals surface area (Å²) in [4.78, 5) is 19.2. The van der Waals surface area contributed by atoms with Crippen molar-refractivity contribution >= 4 is 5.91 Å². The fraction of sp³-hybridized carbons (Fsp3) is 0.562. The molecular formula is C16H22N4O2. The molecule has 0 N–H and O–H groups in total. The van der Waals surface area contributed by atoms with E-state index in [2.05, 4.69) is 17.1 Å². The molecule has 1 aliphatic heterocycles. The summed E-state index contributed by atoms with van der Waals surface area (Å²) in [7, 11) is 1.98. The van der Waals surface area contributed by atoms with Crippen LogP contribution in [0.1, 0.15) is 60.0 Å². The van der Waals surface area contributed by atoms with Crippen molar-refractivity contribution < 1.29 is 9.32 Å². The van der Waals surface area contributed by atoms with Crippen molar-refractivity contribution in [2.24, 2.45) is 7.05 Å². The molecule has 0 spiro atoms. The van der Waals surface area contributed by atoms with Crippen LogP contribution in [0.15, 0.2) is 16.8 Å². The minimum Gasteiger partial charge on any atom is -0.361 e. The first kappa shape index (κ1) is 14.8.